The highest BCUT2D eigenvalue weighted by molar-refractivity contribution is 5.97. The van der Waals surface area contributed by atoms with E-state index in [1.54, 1.807) is 0 Å². The molecule has 0 saturated carbocycles. The van der Waals surface area contributed by atoms with Gasteiger partial charge in [0.25, 0.3) is 5.91 Å². The molecule has 3 heteroatoms. The molecule has 1 aliphatic carbocycles. The largest absolute Gasteiger partial charge is 0.381 e. The normalized spacial score (nSPS) is 26.3. The maximum absolute atomic E-state index is 12.6. The highest BCUT2D eigenvalue weighted by Crippen LogP contribution is 2.38. The summed E-state index contributed by atoms with van der Waals surface area (Å²) in [5, 5.41) is 3.34. The van der Waals surface area contributed by atoms with Gasteiger partial charge in [-0.25, -0.2) is 0 Å². The van der Waals surface area contributed by atoms with E-state index in [1.807, 2.05) is 35.2 Å². The number of benzene rings is 1. The Hall–Kier alpha value is -2.29. The Kier molecular flexibility index (Phi) is 2.92. The van der Waals surface area contributed by atoms with Gasteiger partial charge in [-0.2, -0.15) is 0 Å². The summed E-state index contributed by atoms with van der Waals surface area (Å²) < 4.78 is 0. The standard InChI is InChI=1S/C18H18N2O/c21-18-15(12-19-16-7-2-1-3-8-16)11-14-6-4-5-13-9-10-20(18)17(13)14/h1-8,11,13,17,19H,9-10,12H2. The Morgan fingerprint density at radius 3 is 2.95 bits per heavy atom. The lowest BCUT2D eigenvalue weighted by atomic mass is 9.86. The van der Waals surface area contributed by atoms with E-state index in [4.69, 9.17) is 0 Å². The van der Waals surface area contributed by atoms with E-state index in [0.717, 1.165) is 24.2 Å². The Bertz CT molecular complexity index is 657. The Labute approximate surface area is 124 Å². The van der Waals surface area contributed by atoms with Gasteiger partial charge in [-0.15, -0.1) is 0 Å². The van der Waals surface area contributed by atoms with Crippen LogP contribution in [-0.2, 0) is 4.79 Å². The molecule has 2 aliphatic heterocycles. The Morgan fingerprint density at radius 1 is 1.24 bits per heavy atom. The minimum Gasteiger partial charge on any atom is -0.381 e. The van der Waals surface area contributed by atoms with Crippen LogP contribution in [0.5, 0.6) is 0 Å². The topological polar surface area (TPSA) is 32.3 Å². The first-order chi connectivity index (χ1) is 10.3. The van der Waals surface area contributed by atoms with Crippen molar-refractivity contribution in [3.05, 3.63) is 65.8 Å². The van der Waals surface area contributed by atoms with Crippen LogP contribution in [0.15, 0.2) is 65.8 Å². The van der Waals surface area contributed by atoms with Crippen molar-refractivity contribution < 1.29 is 4.79 Å². The molecule has 4 rings (SSSR count). The van der Waals surface area contributed by atoms with Crippen LogP contribution < -0.4 is 5.32 Å². The van der Waals surface area contributed by atoms with Crippen molar-refractivity contribution in [1.29, 1.82) is 0 Å². The van der Waals surface area contributed by atoms with Crippen molar-refractivity contribution in [1.82, 2.24) is 4.90 Å². The molecule has 2 atom stereocenters. The zero-order valence-electron chi connectivity index (χ0n) is 11.8. The third-order valence-corrected chi connectivity index (χ3v) is 4.57. The third-order valence-electron chi connectivity index (χ3n) is 4.57. The van der Waals surface area contributed by atoms with Crippen molar-refractivity contribution in [2.24, 2.45) is 5.92 Å². The number of anilines is 1. The third kappa shape index (κ3) is 2.09. The lowest BCUT2D eigenvalue weighted by Gasteiger charge is -2.34. The number of carbonyl (C=O) groups excluding carboxylic acids is 1. The second kappa shape index (κ2) is 4.92. The summed E-state index contributed by atoms with van der Waals surface area (Å²) in [6.07, 6.45) is 9.68. The number of hydrogen-bond acceptors (Lipinski definition) is 2. The van der Waals surface area contributed by atoms with Crippen LogP contribution in [0.4, 0.5) is 5.69 Å². The Balaban J connectivity index is 1.58. The van der Waals surface area contributed by atoms with Gasteiger partial charge in [0.2, 0.25) is 0 Å². The molecule has 1 saturated heterocycles. The molecule has 106 valence electrons. The monoisotopic (exact) mass is 278 g/mol. The summed E-state index contributed by atoms with van der Waals surface area (Å²) in [6.45, 7) is 1.45. The molecule has 1 aromatic carbocycles. The van der Waals surface area contributed by atoms with Gasteiger partial charge in [0.1, 0.15) is 0 Å². The van der Waals surface area contributed by atoms with Crippen molar-refractivity contribution in [3.63, 3.8) is 0 Å². The summed E-state index contributed by atoms with van der Waals surface area (Å²) in [5.74, 6) is 0.701. The van der Waals surface area contributed by atoms with Crippen LogP contribution in [0.3, 0.4) is 0 Å². The van der Waals surface area contributed by atoms with Gasteiger partial charge in [0, 0.05) is 30.3 Å². The average Bonchev–Trinajstić information content (AvgIpc) is 2.96. The van der Waals surface area contributed by atoms with Crippen LogP contribution >= 0.6 is 0 Å². The lowest BCUT2D eigenvalue weighted by Crippen LogP contribution is -2.44. The second-order valence-corrected chi connectivity index (χ2v) is 5.84. The predicted octanol–water partition coefficient (Wildman–Crippen LogP) is 2.75. The van der Waals surface area contributed by atoms with Gasteiger partial charge in [0.15, 0.2) is 0 Å². The fourth-order valence-electron chi connectivity index (χ4n) is 3.54. The van der Waals surface area contributed by atoms with Crippen LogP contribution in [0.25, 0.3) is 0 Å². The SMILES string of the molecule is O=C1C(CNc2ccccc2)=CC2=CC=CC3CCN1C23. The molecule has 1 aromatic rings. The van der Waals surface area contributed by atoms with Crippen LogP contribution in [0.2, 0.25) is 0 Å². The fraction of sp³-hybridized carbons (Fsp3) is 0.278. The second-order valence-electron chi connectivity index (χ2n) is 5.84. The fourth-order valence-corrected chi connectivity index (χ4v) is 3.54. The molecule has 3 aliphatic rings. The summed E-state index contributed by atoms with van der Waals surface area (Å²) in [6, 6.07) is 10.3. The zero-order chi connectivity index (χ0) is 14.2. The summed E-state index contributed by atoms with van der Waals surface area (Å²) in [5.41, 5.74) is 3.19. The highest BCUT2D eigenvalue weighted by Gasteiger charge is 2.41. The minimum atomic E-state index is 0.193. The highest BCUT2D eigenvalue weighted by atomic mass is 16.2. The number of hydrogen-bond donors (Lipinski definition) is 1. The van der Waals surface area contributed by atoms with Gasteiger partial charge < -0.3 is 10.2 Å². The number of para-hydroxylation sites is 1. The van der Waals surface area contributed by atoms with Gasteiger partial charge in [-0.1, -0.05) is 36.4 Å². The Morgan fingerprint density at radius 2 is 2.10 bits per heavy atom. The van der Waals surface area contributed by atoms with Crippen LogP contribution in [0, 0.1) is 5.92 Å². The summed E-state index contributed by atoms with van der Waals surface area (Å²) >= 11 is 0. The van der Waals surface area contributed by atoms with E-state index in [9.17, 15) is 4.79 Å². The van der Waals surface area contributed by atoms with E-state index in [0.29, 0.717) is 12.5 Å². The molecule has 2 unspecified atom stereocenters. The van der Waals surface area contributed by atoms with Gasteiger partial charge in [0.05, 0.1) is 6.04 Å². The molecular formula is C18H18N2O. The molecule has 2 heterocycles. The first-order valence-corrected chi connectivity index (χ1v) is 7.52. The number of carbonyl (C=O) groups is 1. The molecule has 3 nitrogen and oxygen atoms in total. The predicted molar refractivity (Wildman–Crippen MR) is 83.8 cm³/mol. The van der Waals surface area contributed by atoms with Crippen LogP contribution in [0.1, 0.15) is 6.42 Å². The van der Waals surface area contributed by atoms with Crippen molar-refractivity contribution in [2.45, 2.75) is 12.5 Å². The molecule has 0 spiro atoms. The number of amides is 1. The van der Waals surface area contributed by atoms with E-state index in [-0.39, 0.29) is 11.9 Å². The van der Waals surface area contributed by atoms with Gasteiger partial charge >= 0.3 is 0 Å². The molecule has 1 N–H and O–H groups in total. The lowest BCUT2D eigenvalue weighted by molar-refractivity contribution is -0.128. The van der Waals surface area contributed by atoms with Crippen molar-refractivity contribution in [3.8, 4) is 0 Å². The number of nitrogens with one attached hydrogen (secondary N) is 1. The molecule has 0 radical (unpaired) electrons. The average molecular weight is 278 g/mol. The molecule has 1 fully saturated rings. The van der Waals surface area contributed by atoms with Crippen molar-refractivity contribution >= 4 is 11.6 Å². The first-order valence-electron chi connectivity index (χ1n) is 7.52. The smallest absolute Gasteiger partial charge is 0.252 e. The van der Waals surface area contributed by atoms with E-state index in [2.05, 4.69) is 29.6 Å². The quantitative estimate of drug-likeness (QED) is 0.922. The van der Waals surface area contributed by atoms with Crippen molar-refractivity contribution in [2.75, 3.05) is 18.4 Å². The van der Waals surface area contributed by atoms with Gasteiger partial charge in [-0.3, -0.25) is 4.79 Å². The molecule has 0 bridgehead atoms. The maximum atomic E-state index is 12.6. The summed E-state index contributed by atoms with van der Waals surface area (Å²) in [4.78, 5) is 14.7. The summed E-state index contributed by atoms with van der Waals surface area (Å²) in [7, 11) is 0. The number of allylic oxidation sites excluding steroid dienone is 2. The van der Waals surface area contributed by atoms with Crippen LogP contribution in [-0.4, -0.2) is 29.9 Å². The minimum absolute atomic E-state index is 0.193. The molecule has 21 heavy (non-hydrogen) atoms. The zero-order valence-corrected chi connectivity index (χ0v) is 11.8. The van der Waals surface area contributed by atoms with Gasteiger partial charge in [-0.05, 0) is 30.2 Å². The molecule has 1 amide bonds. The molecular weight excluding hydrogens is 260 g/mol. The first kappa shape index (κ1) is 12.5. The van der Waals surface area contributed by atoms with E-state index >= 15 is 0 Å². The number of rotatable bonds is 3. The number of nitrogens with zero attached hydrogens (tertiary/aromatic N) is 1. The maximum Gasteiger partial charge on any atom is 0.252 e. The van der Waals surface area contributed by atoms with E-state index in [1.165, 1.54) is 5.57 Å². The van der Waals surface area contributed by atoms with E-state index < -0.39 is 0 Å². The molecule has 0 aromatic heterocycles.